The molecule has 2 N–H and O–H groups in total. The summed E-state index contributed by atoms with van der Waals surface area (Å²) < 4.78 is 11.7. The summed E-state index contributed by atoms with van der Waals surface area (Å²) in [5.74, 6) is 1.55. The van der Waals surface area contributed by atoms with E-state index in [9.17, 15) is 9.59 Å². The predicted molar refractivity (Wildman–Crippen MR) is 135 cm³/mol. The van der Waals surface area contributed by atoms with Crippen molar-refractivity contribution in [2.75, 3.05) is 17.7 Å². The van der Waals surface area contributed by atoms with Gasteiger partial charge in [-0.2, -0.15) is 0 Å². The number of nitrogens with zero attached hydrogens (tertiary/aromatic N) is 3. The van der Waals surface area contributed by atoms with Crippen LogP contribution in [0.2, 0.25) is 0 Å². The number of carbonyl (C=O) groups is 2. The zero-order valence-corrected chi connectivity index (χ0v) is 20.2. The molecule has 0 radical (unpaired) electrons. The van der Waals surface area contributed by atoms with E-state index in [0.29, 0.717) is 48.1 Å². The number of hydrogen-bond donors (Lipinski definition) is 1. The van der Waals surface area contributed by atoms with E-state index in [1.54, 1.807) is 29.2 Å². The van der Waals surface area contributed by atoms with Crippen LogP contribution in [0, 0.1) is 0 Å². The molecular weight excluding hydrogens is 456 g/mol. The molecule has 1 aromatic heterocycles. The summed E-state index contributed by atoms with van der Waals surface area (Å²) >= 11 is 0. The summed E-state index contributed by atoms with van der Waals surface area (Å²) in [4.78, 5) is 33.9. The Morgan fingerprint density at radius 2 is 1.75 bits per heavy atom. The molecule has 0 saturated heterocycles. The molecule has 1 fully saturated rings. The van der Waals surface area contributed by atoms with Crippen LogP contribution in [0.5, 0.6) is 11.5 Å². The van der Waals surface area contributed by atoms with E-state index in [4.69, 9.17) is 15.2 Å². The lowest BCUT2D eigenvalue weighted by Gasteiger charge is -2.20. The Labute approximate surface area is 209 Å². The zero-order valence-electron chi connectivity index (χ0n) is 20.2. The van der Waals surface area contributed by atoms with Gasteiger partial charge in [-0.1, -0.05) is 12.1 Å². The molecule has 0 spiro atoms. The fraction of sp³-hybridized carbons (Fsp3) is 0.321. The third kappa shape index (κ3) is 3.92. The van der Waals surface area contributed by atoms with Crippen LogP contribution >= 0.6 is 0 Å². The molecule has 2 aromatic carbocycles. The van der Waals surface area contributed by atoms with E-state index in [1.165, 1.54) is 12.8 Å². The van der Waals surface area contributed by atoms with Crippen molar-refractivity contribution in [3.8, 4) is 11.5 Å². The van der Waals surface area contributed by atoms with Crippen LogP contribution in [0.4, 0.5) is 11.5 Å². The number of nitrogen functional groups attached to an aromatic ring is 1. The van der Waals surface area contributed by atoms with Crippen LogP contribution in [0.1, 0.15) is 63.1 Å². The van der Waals surface area contributed by atoms with Crippen LogP contribution in [-0.2, 0) is 19.6 Å². The molecule has 0 unspecified atom stereocenters. The average Bonchev–Trinajstić information content (AvgIpc) is 3.59. The third-order valence-corrected chi connectivity index (χ3v) is 7.29. The zero-order chi connectivity index (χ0) is 24.8. The van der Waals surface area contributed by atoms with E-state index in [1.807, 2.05) is 36.4 Å². The SMILES string of the molecule is COc1ccc(N2Cc3ccc(CN4Cc5cnc(N)cc5C4=O)cc3C2=O)cc1OC1CCCC1. The van der Waals surface area contributed by atoms with Crippen LogP contribution in [-0.4, -0.2) is 34.9 Å². The van der Waals surface area contributed by atoms with Gasteiger partial charge in [0.25, 0.3) is 11.8 Å². The van der Waals surface area contributed by atoms with Gasteiger partial charge in [0.1, 0.15) is 5.82 Å². The molecular formula is C28H28N4O4. The van der Waals surface area contributed by atoms with Crippen molar-refractivity contribution >= 4 is 23.3 Å². The lowest BCUT2D eigenvalue weighted by atomic mass is 10.1. The molecule has 184 valence electrons. The van der Waals surface area contributed by atoms with Crippen molar-refractivity contribution in [1.29, 1.82) is 0 Å². The number of rotatable bonds is 6. The number of anilines is 2. The van der Waals surface area contributed by atoms with Gasteiger partial charge in [-0.25, -0.2) is 4.98 Å². The van der Waals surface area contributed by atoms with Gasteiger partial charge in [0.05, 0.1) is 19.8 Å². The quantitative estimate of drug-likeness (QED) is 0.560. The molecule has 1 saturated carbocycles. The van der Waals surface area contributed by atoms with Crippen LogP contribution < -0.4 is 20.1 Å². The van der Waals surface area contributed by atoms with Gasteiger partial charge in [-0.15, -0.1) is 0 Å². The molecule has 8 nitrogen and oxygen atoms in total. The van der Waals surface area contributed by atoms with Crippen molar-refractivity contribution in [3.05, 3.63) is 76.5 Å². The maximum atomic E-state index is 13.4. The lowest BCUT2D eigenvalue weighted by molar-refractivity contribution is 0.0766. The minimum absolute atomic E-state index is 0.0585. The number of methoxy groups -OCH3 is 1. The number of aromatic nitrogens is 1. The molecule has 8 heteroatoms. The Hall–Kier alpha value is -4.07. The standard InChI is InChI=1S/C28H28N4O4/c1-35-24-9-8-20(11-25(24)36-21-4-2-3-5-21)32-16-18-7-6-17(10-22(18)28(32)34)14-31-15-19-13-30-26(29)12-23(19)27(31)33/h6-13,21H,2-5,14-16H2,1H3,(H2,29,30). The Balaban J connectivity index is 1.21. The van der Waals surface area contributed by atoms with Crippen molar-refractivity contribution in [3.63, 3.8) is 0 Å². The van der Waals surface area contributed by atoms with E-state index in [0.717, 1.165) is 35.2 Å². The second-order valence-electron chi connectivity index (χ2n) is 9.67. The summed E-state index contributed by atoms with van der Waals surface area (Å²) in [7, 11) is 1.63. The molecule has 2 amide bonds. The second-order valence-corrected chi connectivity index (χ2v) is 9.67. The highest BCUT2D eigenvalue weighted by Crippen LogP contribution is 2.38. The van der Waals surface area contributed by atoms with E-state index >= 15 is 0 Å². The number of ether oxygens (including phenoxy) is 2. The highest BCUT2D eigenvalue weighted by Gasteiger charge is 2.32. The first-order chi connectivity index (χ1) is 17.5. The van der Waals surface area contributed by atoms with E-state index < -0.39 is 0 Å². The summed E-state index contributed by atoms with van der Waals surface area (Å²) in [5.41, 5.74) is 10.5. The highest BCUT2D eigenvalue weighted by molar-refractivity contribution is 6.10. The van der Waals surface area contributed by atoms with Gasteiger partial charge in [-0.3, -0.25) is 9.59 Å². The second kappa shape index (κ2) is 8.86. The number of hydrogen-bond acceptors (Lipinski definition) is 6. The molecule has 1 aliphatic carbocycles. The number of benzene rings is 2. The molecule has 0 bridgehead atoms. The number of pyridine rings is 1. The number of amides is 2. The number of fused-ring (bicyclic) bond motifs is 2. The Morgan fingerprint density at radius 1 is 0.944 bits per heavy atom. The fourth-order valence-corrected chi connectivity index (χ4v) is 5.39. The summed E-state index contributed by atoms with van der Waals surface area (Å²) in [6.45, 7) is 1.38. The molecule has 0 atom stereocenters. The number of nitrogens with two attached hydrogens (primary N) is 1. The molecule has 3 aromatic rings. The maximum Gasteiger partial charge on any atom is 0.258 e. The first-order valence-corrected chi connectivity index (χ1v) is 12.3. The van der Waals surface area contributed by atoms with Crippen LogP contribution in [0.25, 0.3) is 0 Å². The minimum atomic E-state index is -0.0689. The van der Waals surface area contributed by atoms with Gasteiger partial charge >= 0.3 is 0 Å². The predicted octanol–water partition coefficient (Wildman–Crippen LogP) is 4.31. The van der Waals surface area contributed by atoms with Gasteiger partial charge in [-0.05, 0) is 61.1 Å². The van der Waals surface area contributed by atoms with Crippen LogP contribution in [0.15, 0.2) is 48.7 Å². The molecule has 36 heavy (non-hydrogen) atoms. The van der Waals surface area contributed by atoms with Crippen molar-refractivity contribution < 1.29 is 19.1 Å². The van der Waals surface area contributed by atoms with Crippen LogP contribution in [0.3, 0.4) is 0 Å². The third-order valence-electron chi connectivity index (χ3n) is 7.29. The smallest absolute Gasteiger partial charge is 0.258 e. The normalized spacial score (nSPS) is 17.0. The first-order valence-electron chi connectivity index (χ1n) is 12.3. The van der Waals surface area contributed by atoms with E-state index in [2.05, 4.69) is 4.98 Å². The average molecular weight is 485 g/mol. The Bertz CT molecular complexity index is 1370. The molecule has 6 rings (SSSR count). The molecule has 2 aliphatic heterocycles. The largest absolute Gasteiger partial charge is 0.493 e. The summed E-state index contributed by atoms with van der Waals surface area (Å²) in [6, 6.07) is 13.2. The monoisotopic (exact) mass is 484 g/mol. The topological polar surface area (TPSA) is 98.0 Å². The van der Waals surface area contributed by atoms with Gasteiger partial charge in [0.2, 0.25) is 0 Å². The van der Waals surface area contributed by atoms with Crippen molar-refractivity contribution in [2.24, 2.45) is 0 Å². The Kier molecular flexibility index (Phi) is 5.51. The number of carbonyl (C=O) groups excluding carboxylic acids is 2. The van der Waals surface area contributed by atoms with Gasteiger partial charge in [0.15, 0.2) is 11.5 Å². The highest BCUT2D eigenvalue weighted by atomic mass is 16.5. The van der Waals surface area contributed by atoms with Crippen molar-refractivity contribution in [2.45, 2.75) is 51.4 Å². The minimum Gasteiger partial charge on any atom is -0.493 e. The molecule has 3 aliphatic rings. The summed E-state index contributed by atoms with van der Waals surface area (Å²) in [6.07, 6.45) is 6.28. The van der Waals surface area contributed by atoms with Crippen molar-refractivity contribution in [1.82, 2.24) is 9.88 Å². The van der Waals surface area contributed by atoms with E-state index in [-0.39, 0.29) is 17.9 Å². The Morgan fingerprint density at radius 3 is 2.56 bits per heavy atom. The fourth-order valence-electron chi connectivity index (χ4n) is 5.39. The summed E-state index contributed by atoms with van der Waals surface area (Å²) in [5, 5.41) is 0. The van der Waals surface area contributed by atoms with Gasteiger partial charge < -0.3 is 25.0 Å². The molecule has 3 heterocycles. The maximum absolute atomic E-state index is 13.4. The first kappa shape index (κ1) is 22.4. The lowest BCUT2D eigenvalue weighted by Crippen LogP contribution is -2.24. The van der Waals surface area contributed by atoms with Gasteiger partial charge in [0, 0.05) is 47.7 Å².